The van der Waals surface area contributed by atoms with Gasteiger partial charge in [0, 0.05) is 18.7 Å². The number of hydrogen-bond acceptors (Lipinski definition) is 4. The van der Waals surface area contributed by atoms with Gasteiger partial charge in [-0.25, -0.2) is 9.67 Å². The van der Waals surface area contributed by atoms with Crippen molar-refractivity contribution in [2.24, 2.45) is 0 Å². The molecule has 2 aromatic rings. The average molecular weight is 257 g/mol. The fraction of sp³-hybridized carbons (Fsp3) is 0.500. The minimum absolute atomic E-state index is 0.673. The molecule has 2 heterocycles. The molecule has 1 aliphatic carbocycles. The van der Waals surface area contributed by atoms with Crippen molar-refractivity contribution in [3.05, 3.63) is 36.0 Å². The quantitative estimate of drug-likeness (QED) is 0.805. The Morgan fingerprint density at radius 1 is 1.32 bits per heavy atom. The molecule has 0 spiro atoms. The molecule has 5 nitrogen and oxygen atoms in total. The molecule has 1 aliphatic rings. The van der Waals surface area contributed by atoms with Gasteiger partial charge in [0.25, 0.3) is 0 Å². The average Bonchev–Trinajstić information content (AvgIpc) is 3.18. The van der Waals surface area contributed by atoms with Gasteiger partial charge in [0.1, 0.15) is 0 Å². The lowest BCUT2D eigenvalue weighted by Crippen LogP contribution is -2.15. The number of nitrogens with zero attached hydrogens (tertiary/aromatic N) is 4. The van der Waals surface area contributed by atoms with Crippen molar-refractivity contribution in [3.8, 4) is 5.82 Å². The molecule has 0 amide bonds. The summed E-state index contributed by atoms with van der Waals surface area (Å²) in [6, 6.07) is 2.08. The molecule has 0 atom stereocenters. The Hall–Kier alpha value is -1.75. The number of rotatable bonds is 6. The standard InChI is InChI=1S/C14H19N5/c1-2-6-15-8-12-9-17-14(10-16-12)19-7-5-13(18-19)11-3-4-11/h5,7,9-11,15H,2-4,6,8H2,1H3. The Morgan fingerprint density at radius 2 is 2.21 bits per heavy atom. The Labute approximate surface area is 113 Å². The molecule has 0 unspecified atom stereocenters. The zero-order valence-electron chi connectivity index (χ0n) is 11.2. The Morgan fingerprint density at radius 3 is 2.89 bits per heavy atom. The van der Waals surface area contributed by atoms with Crippen LogP contribution in [0.25, 0.3) is 5.82 Å². The molecule has 0 aliphatic heterocycles. The second kappa shape index (κ2) is 5.48. The third-order valence-electron chi connectivity index (χ3n) is 3.26. The van der Waals surface area contributed by atoms with E-state index in [1.54, 1.807) is 6.20 Å². The van der Waals surface area contributed by atoms with Crippen molar-refractivity contribution in [3.63, 3.8) is 0 Å². The smallest absolute Gasteiger partial charge is 0.171 e. The van der Waals surface area contributed by atoms with Gasteiger partial charge >= 0.3 is 0 Å². The number of nitrogens with one attached hydrogen (secondary N) is 1. The Kier molecular flexibility index (Phi) is 3.55. The van der Waals surface area contributed by atoms with E-state index in [2.05, 4.69) is 33.4 Å². The van der Waals surface area contributed by atoms with Crippen LogP contribution in [0.4, 0.5) is 0 Å². The van der Waals surface area contributed by atoms with E-state index in [4.69, 9.17) is 0 Å². The minimum atomic E-state index is 0.673. The van der Waals surface area contributed by atoms with Crippen molar-refractivity contribution in [2.45, 2.75) is 38.6 Å². The lowest BCUT2D eigenvalue weighted by Gasteiger charge is -2.03. The monoisotopic (exact) mass is 257 g/mol. The summed E-state index contributed by atoms with van der Waals surface area (Å²) in [6.07, 6.45) is 9.23. The molecule has 19 heavy (non-hydrogen) atoms. The Bertz CT molecular complexity index is 527. The van der Waals surface area contributed by atoms with Gasteiger partial charge in [-0.15, -0.1) is 0 Å². The van der Waals surface area contributed by atoms with E-state index < -0.39 is 0 Å². The van der Waals surface area contributed by atoms with E-state index in [-0.39, 0.29) is 0 Å². The van der Waals surface area contributed by atoms with Crippen LogP contribution in [-0.2, 0) is 6.54 Å². The largest absolute Gasteiger partial charge is 0.311 e. The molecule has 0 aromatic carbocycles. The number of hydrogen-bond donors (Lipinski definition) is 1. The lowest BCUT2D eigenvalue weighted by molar-refractivity contribution is 0.660. The number of aromatic nitrogens is 4. The van der Waals surface area contributed by atoms with Crippen LogP contribution in [0.15, 0.2) is 24.7 Å². The van der Waals surface area contributed by atoms with E-state index in [1.165, 1.54) is 18.5 Å². The van der Waals surface area contributed by atoms with Gasteiger partial charge in [0.15, 0.2) is 5.82 Å². The van der Waals surface area contributed by atoms with E-state index >= 15 is 0 Å². The molecular weight excluding hydrogens is 238 g/mol. The molecule has 2 aromatic heterocycles. The highest BCUT2D eigenvalue weighted by atomic mass is 15.3. The third kappa shape index (κ3) is 2.98. The van der Waals surface area contributed by atoms with Crippen LogP contribution in [0, 0.1) is 0 Å². The molecule has 1 N–H and O–H groups in total. The maximum absolute atomic E-state index is 4.55. The van der Waals surface area contributed by atoms with E-state index in [9.17, 15) is 0 Å². The lowest BCUT2D eigenvalue weighted by atomic mass is 10.3. The summed E-state index contributed by atoms with van der Waals surface area (Å²) in [7, 11) is 0. The van der Waals surface area contributed by atoms with Gasteiger partial charge in [-0.2, -0.15) is 5.10 Å². The fourth-order valence-electron chi connectivity index (χ4n) is 2.01. The van der Waals surface area contributed by atoms with Gasteiger partial charge in [-0.3, -0.25) is 4.98 Å². The summed E-state index contributed by atoms with van der Waals surface area (Å²) >= 11 is 0. The van der Waals surface area contributed by atoms with Crippen molar-refractivity contribution >= 4 is 0 Å². The minimum Gasteiger partial charge on any atom is -0.311 e. The topological polar surface area (TPSA) is 55.6 Å². The molecule has 100 valence electrons. The maximum Gasteiger partial charge on any atom is 0.171 e. The molecule has 0 radical (unpaired) electrons. The Balaban J connectivity index is 1.66. The highest BCUT2D eigenvalue weighted by molar-refractivity contribution is 5.21. The van der Waals surface area contributed by atoms with Crippen LogP contribution in [0.3, 0.4) is 0 Å². The second-order valence-corrected chi connectivity index (χ2v) is 5.00. The van der Waals surface area contributed by atoms with Gasteiger partial charge in [-0.05, 0) is 31.9 Å². The normalized spacial score (nSPS) is 14.8. The van der Waals surface area contributed by atoms with Crippen molar-refractivity contribution < 1.29 is 0 Å². The first-order valence-corrected chi connectivity index (χ1v) is 6.94. The molecular formula is C14H19N5. The summed E-state index contributed by atoms with van der Waals surface area (Å²) in [5, 5.41) is 7.86. The van der Waals surface area contributed by atoms with Crippen LogP contribution < -0.4 is 5.32 Å². The molecule has 0 bridgehead atoms. The van der Waals surface area contributed by atoms with Crippen LogP contribution >= 0.6 is 0 Å². The van der Waals surface area contributed by atoms with E-state index in [0.29, 0.717) is 5.92 Å². The summed E-state index contributed by atoms with van der Waals surface area (Å²) < 4.78 is 1.81. The van der Waals surface area contributed by atoms with E-state index in [1.807, 2.05) is 17.1 Å². The maximum atomic E-state index is 4.55. The first kappa shape index (κ1) is 12.3. The molecule has 0 saturated heterocycles. The highest BCUT2D eigenvalue weighted by Gasteiger charge is 2.25. The summed E-state index contributed by atoms with van der Waals surface area (Å²) in [4.78, 5) is 8.83. The fourth-order valence-corrected chi connectivity index (χ4v) is 2.01. The summed E-state index contributed by atoms with van der Waals surface area (Å²) in [6.45, 7) is 3.93. The SMILES string of the molecule is CCCNCc1cnc(-n2ccc(C3CC3)n2)cn1. The van der Waals surface area contributed by atoms with Crippen LogP contribution in [0.2, 0.25) is 0 Å². The molecule has 3 rings (SSSR count). The van der Waals surface area contributed by atoms with Gasteiger partial charge in [-0.1, -0.05) is 6.92 Å². The van der Waals surface area contributed by atoms with Gasteiger partial charge < -0.3 is 5.32 Å². The first-order valence-electron chi connectivity index (χ1n) is 6.94. The zero-order chi connectivity index (χ0) is 13.1. The molecule has 1 saturated carbocycles. The van der Waals surface area contributed by atoms with Crippen molar-refractivity contribution in [1.82, 2.24) is 25.1 Å². The van der Waals surface area contributed by atoms with Crippen molar-refractivity contribution in [2.75, 3.05) is 6.54 Å². The van der Waals surface area contributed by atoms with E-state index in [0.717, 1.165) is 31.0 Å². The van der Waals surface area contributed by atoms with Gasteiger partial charge in [0.2, 0.25) is 0 Å². The predicted octanol–water partition coefficient (Wildman–Crippen LogP) is 2.04. The zero-order valence-corrected chi connectivity index (χ0v) is 11.2. The summed E-state index contributed by atoms with van der Waals surface area (Å²) in [5.41, 5.74) is 2.14. The third-order valence-corrected chi connectivity index (χ3v) is 3.26. The van der Waals surface area contributed by atoms with Crippen LogP contribution in [-0.4, -0.2) is 26.3 Å². The first-order chi connectivity index (χ1) is 9.36. The molecule has 1 fully saturated rings. The predicted molar refractivity (Wildman–Crippen MR) is 73.1 cm³/mol. The van der Waals surface area contributed by atoms with Crippen LogP contribution in [0.5, 0.6) is 0 Å². The van der Waals surface area contributed by atoms with Crippen molar-refractivity contribution in [1.29, 1.82) is 0 Å². The molecule has 5 heteroatoms. The summed E-state index contributed by atoms with van der Waals surface area (Å²) in [5.74, 6) is 1.46. The second-order valence-electron chi connectivity index (χ2n) is 5.00. The van der Waals surface area contributed by atoms with Gasteiger partial charge in [0.05, 0.1) is 23.8 Å². The highest BCUT2D eigenvalue weighted by Crippen LogP contribution is 2.38. The van der Waals surface area contributed by atoms with Crippen LogP contribution in [0.1, 0.15) is 43.5 Å².